The number of carbonyl (C=O) groups is 2. The monoisotopic (exact) mass is 755 g/mol. The van der Waals surface area contributed by atoms with Gasteiger partial charge in [-0.05, 0) is 79.1 Å². The lowest BCUT2D eigenvalue weighted by Gasteiger charge is -2.34. The minimum Gasteiger partial charge on any atom is -0.457 e. The van der Waals surface area contributed by atoms with Crippen LogP contribution >= 0.6 is 23.2 Å². The van der Waals surface area contributed by atoms with Gasteiger partial charge in [0.25, 0.3) is 10.0 Å². The number of sulfonamides is 1. The molecule has 1 atom stereocenters. The van der Waals surface area contributed by atoms with E-state index >= 15 is 0 Å². The van der Waals surface area contributed by atoms with E-state index in [0.717, 1.165) is 35.6 Å². The molecule has 1 N–H and O–H groups in total. The van der Waals surface area contributed by atoms with Gasteiger partial charge in [-0.25, -0.2) is 8.42 Å². The molecule has 8 nitrogen and oxygen atoms in total. The normalized spacial score (nSPS) is 13.7. The first-order valence-electron chi connectivity index (χ1n) is 17.2. The van der Waals surface area contributed by atoms with Crippen LogP contribution in [0.2, 0.25) is 10.0 Å². The number of hydrogen-bond donors (Lipinski definition) is 1. The van der Waals surface area contributed by atoms with Crippen LogP contribution in [0.1, 0.15) is 36.8 Å². The maximum atomic E-state index is 14.8. The summed E-state index contributed by atoms with van der Waals surface area (Å²) >= 11 is 13.3. The molecule has 0 radical (unpaired) electrons. The highest BCUT2D eigenvalue weighted by Crippen LogP contribution is 2.31. The number of hydrogen-bond acceptors (Lipinski definition) is 5. The van der Waals surface area contributed by atoms with Gasteiger partial charge >= 0.3 is 0 Å². The zero-order valence-corrected chi connectivity index (χ0v) is 30.7. The van der Waals surface area contributed by atoms with Gasteiger partial charge in [-0.1, -0.05) is 109 Å². The number of amides is 2. The average molecular weight is 757 g/mol. The van der Waals surface area contributed by atoms with Gasteiger partial charge in [0.05, 0.1) is 10.6 Å². The summed E-state index contributed by atoms with van der Waals surface area (Å²) in [4.78, 5) is 30.5. The van der Waals surface area contributed by atoms with Crippen molar-refractivity contribution in [1.29, 1.82) is 0 Å². The first-order chi connectivity index (χ1) is 25.2. The van der Waals surface area contributed by atoms with E-state index in [-0.39, 0.29) is 35.5 Å². The molecule has 52 heavy (non-hydrogen) atoms. The number of para-hydroxylation sites is 1. The summed E-state index contributed by atoms with van der Waals surface area (Å²) < 4.78 is 35.7. The Bertz CT molecular complexity index is 2040. The number of nitrogens with one attached hydrogen (secondary N) is 1. The Morgan fingerprint density at radius 1 is 0.731 bits per heavy atom. The van der Waals surface area contributed by atoms with Crippen molar-refractivity contribution < 1.29 is 22.7 Å². The molecule has 0 bridgehead atoms. The smallest absolute Gasteiger partial charge is 0.264 e. The summed E-state index contributed by atoms with van der Waals surface area (Å²) in [6.07, 6.45) is 3.90. The second-order valence-electron chi connectivity index (χ2n) is 12.7. The highest BCUT2D eigenvalue weighted by atomic mass is 35.5. The van der Waals surface area contributed by atoms with E-state index in [9.17, 15) is 18.0 Å². The molecule has 11 heteroatoms. The highest BCUT2D eigenvalue weighted by Gasteiger charge is 2.36. The van der Waals surface area contributed by atoms with Crippen molar-refractivity contribution >= 4 is 50.7 Å². The minimum absolute atomic E-state index is 0.00734. The standard InChI is InChI=1S/C41H39Cl2N3O5S/c42-37-21-12-22-38(43)36(37)28-45(39(27-30-13-4-1-5-14-30)41(48)44-31-15-10-11-16-31)40(47)29-46(52(49,50)35-19-8-3-9-20-35)32-23-25-34(26-24-32)51-33-17-6-2-7-18-33/h1-9,12-14,17-26,31,39H,10-11,15-16,27-29H2,(H,44,48)/t39-/m0/s1. The van der Waals surface area contributed by atoms with Crippen molar-refractivity contribution in [2.45, 2.75) is 55.6 Å². The molecule has 1 fully saturated rings. The van der Waals surface area contributed by atoms with Crippen LogP contribution in [0, 0.1) is 0 Å². The average Bonchev–Trinajstić information content (AvgIpc) is 3.67. The van der Waals surface area contributed by atoms with E-state index < -0.39 is 28.5 Å². The van der Waals surface area contributed by atoms with Crippen molar-refractivity contribution in [2.75, 3.05) is 10.8 Å². The molecule has 0 aliphatic heterocycles. The van der Waals surface area contributed by atoms with E-state index in [4.69, 9.17) is 27.9 Å². The van der Waals surface area contributed by atoms with E-state index in [1.807, 2.05) is 60.7 Å². The number of halogens is 2. The number of ether oxygens (including phenoxy) is 1. The maximum Gasteiger partial charge on any atom is 0.264 e. The van der Waals surface area contributed by atoms with Crippen LogP contribution in [-0.4, -0.2) is 43.8 Å². The number of benzene rings is 5. The molecule has 6 rings (SSSR count). The van der Waals surface area contributed by atoms with Crippen LogP contribution in [0.25, 0.3) is 0 Å². The van der Waals surface area contributed by atoms with Crippen molar-refractivity contribution in [3.8, 4) is 11.5 Å². The summed E-state index contributed by atoms with van der Waals surface area (Å²) in [5.74, 6) is 0.169. The first-order valence-corrected chi connectivity index (χ1v) is 19.4. The van der Waals surface area contributed by atoms with E-state index in [1.54, 1.807) is 60.7 Å². The Kier molecular flexibility index (Phi) is 12.2. The van der Waals surface area contributed by atoms with Gasteiger partial charge in [-0.2, -0.15) is 0 Å². The Hall–Kier alpha value is -4.83. The SMILES string of the molecule is O=C(NC1CCCC1)[C@H](Cc1ccccc1)N(Cc1c(Cl)cccc1Cl)C(=O)CN(c1ccc(Oc2ccccc2)cc1)S(=O)(=O)c1ccccc1. The van der Waals surface area contributed by atoms with Crippen LogP contribution in [0.15, 0.2) is 138 Å². The van der Waals surface area contributed by atoms with Gasteiger partial charge in [-0.15, -0.1) is 0 Å². The van der Waals surface area contributed by atoms with Crippen LogP contribution < -0.4 is 14.4 Å². The molecular weight excluding hydrogens is 717 g/mol. The van der Waals surface area contributed by atoms with Crippen LogP contribution in [0.4, 0.5) is 5.69 Å². The van der Waals surface area contributed by atoms with Gasteiger partial charge in [0.2, 0.25) is 11.8 Å². The maximum absolute atomic E-state index is 14.8. The fourth-order valence-corrected chi connectivity index (χ4v) is 8.28. The van der Waals surface area contributed by atoms with Gasteiger partial charge in [-0.3, -0.25) is 13.9 Å². The molecule has 0 heterocycles. The van der Waals surface area contributed by atoms with Crippen molar-refractivity contribution in [3.63, 3.8) is 0 Å². The van der Waals surface area contributed by atoms with Gasteiger partial charge < -0.3 is 15.0 Å². The quantitative estimate of drug-likeness (QED) is 0.122. The third-order valence-electron chi connectivity index (χ3n) is 9.08. The van der Waals surface area contributed by atoms with Crippen molar-refractivity contribution in [1.82, 2.24) is 10.2 Å². The topological polar surface area (TPSA) is 96.0 Å². The molecular formula is C41H39Cl2N3O5S. The van der Waals surface area contributed by atoms with Crippen LogP contribution in [-0.2, 0) is 32.6 Å². The number of anilines is 1. The molecule has 2 amide bonds. The second-order valence-corrected chi connectivity index (χ2v) is 15.3. The first kappa shape index (κ1) is 36.9. The van der Waals surface area contributed by atoms with Gasteiger partial charge in [0.1, 0.15) is 24.1 Å². The summed E-state index contributed by atoms with van der Waals surface area (Å²) in [6, 6.07) is 37.0. The summed E-state index contributed by atoms with van der Waals surface area (Å²) in [5.41, 5.74) is 1.52. The molecule has 0 aromatic heterocycles. The zero-order chi connectivity index (χ0) is 36.5. The molecule has 0 spiro atoms. The van der Waals surface area contributed by atoms with Crippen LogP contribution in [0.3, 0.4) is 0 Å². The Labute approximate surface area is 315 Å². The Morgan fingerprint density at radius 3 is 1.90 bits per heavy atom. The fraction of sp³-hybridized carbons (Fsp3) is 0.220. The lowest BCUT2D eigenvalue weighted by molar-refractivity contribution is -0.140. The number of rotatable bonds is 14. The minimum atomic E-state index is -4.27. The molecule has 1 aliphatic rings. The fourth-order valence-electron chi connectivity index (χ4n) is 6.33. The summed E-state index contributed by atoms with van der Waals surface area (Å²) in [6.45, 7) is -0.740. The molecule has 0 unspecified atom stereocenters. The van der Waals surface area contributed by atoms with Crippen LogP contribution in [0.5, 0.6) is 11.5 Å². The van der Waals surface area contributed by atoms with Gasteiger partial charge in [0.15, 0.2) is 0 Å². The second kappa shape index (κ2) is 17.1. The molecule has 268 valence electrons. The third-order valence-corrected chi connectivity index (χ3v) is 11.6. The molecule has 5 aromatic carbocycles. The Morgan fingerprint density at radius 2 is 1.29 bits per heavy atom. The molecule has 5 aromatic rings. The number of carbonyl (C=O) groups excluding carboxylic acids is 2. The Balaban J connectivity index is 1.40. The predicted molar refractivity (Wildman–Crippen MR) is 205 cm³/mol. The largest absolute Gasteiger partial charge is 0.457 e. The predicted octanol–water partition coefficient (Wildman–Crippen LogP) is 8.68. The third kappa shape index (κ3) is 9.14. The summed E-state index contributed by atoms with van der Waals surface area (Å²) in [7, 11) is -4.27. The molecule has 0 saturated heterocycles. The van der Waals surface area contributed by atoms with Crippen molar-refractivity contribution in [2.24, 2.45) is 0 Å². The van der Waals surface area contributed by atoms with E-state index in [2.05, 4.69) is 5.32 Å². The van der Waals surface area contributed by atoms with Crippen molar-refractivity contribution in [3.05, 3.63) is 155 Å². The van der Waals surface area contributed by atoms with E-state index in [1.165, 1.54) is 17.0 Å². The van der Waals surface area contributed by atoms with E-state index in [0.29, 0.717) is 27.1 Å². The zero-order valence-electron chi connectivity index (χ0n) is 28.4. The summed E-state index contributed by atoms with van der Waals surface area (Å²) in [5, 5.41) is 3.82. The highest BCUT2D eigenvalue weighted by molar-refractivity contribution is 7.92. The molecule has 1 saturated carbocycles. The lowest BCUT2D eigenvalue weighted by atomic mass is 10.0. The lowest BCUT2D eigenvalue weighted by Crippen LogP contribution is -2.54. The van der Waals surface area contributed by atoms with Gasteiger partial charge in [0, 0.05) is 34.6 Å². The molecule has 1 aliphatic carbocycles. The number of nitrogens with zero attached hydrogens (tertiary/aromatic N) is 2.